The number of rotatable bonds is 11. The van der Waals surface area contributed by atoms with Crippen molar-refractivity contribution in [2.45, 2.75) is 39.2 Å². The summed E-state index contributed by atoms with van der Waals surface area (Å²) in [5.41, 5.74) is 1.33. The molecule has 27 heavy (non-hydrogen) atoms. The Morgan fingerprint density at radius 1 is 1.26 bits per heavy atom. The van der Waals surface area contributed by atoms with Gasteiger partial charge >= 0.3 is 0 Å². The van der Waals surface area contributed by atoms with Crippen LogP contribution in [0.5, 0.6) is 0 Å². The highest BCUT2D eigenvalue weighted by molar-refractivity contribution is 14.0. The smallest absolute Gasteiger partial charge is 0.243 e. The third kappa shape index (κ3) is 12.6. The van der Waals surface area contributed by atoms with Crippen LogP contribution in [0.3, 0.4) is 0 Å². The molecule has 0 saturated heterocycles. The third-order valence-corrected chi connectivity index (χ3v) is 3.93. The van der Waals surface area contributed by atoms with E-state index in [4.69, 9.17) is 4.74 Å². The Labute approximate surface area is 181 Å². The van der Waals surface area contributed by atoms with Gasteiger partial charge in [-0.2, -0.15) is 0 Å². The van der Waals surface area contributed by atoms with Crippen molar-refractivity contribution < 1.29 is 9.53 Å². The largest absolute Gasteiger partial charge is 0.382 e. The summed E-state index contributed by atoms with van der Waals surface area (Å²) in [6.45, 7) is 6.47. The summed E-state index contributed by atoms with van der Waals surface area (Å²) in [4.78, 5) is 17.8. The van der Waals surface area contributed by atoms with Crippen LogP contribution < -0.4 is 10.6 Å². The first-order valence-corrected chi connectivity index (χ1v) is 9.39. The topological polar surface area (TPSA) is 66.0 Å². The first kappa shape index (κ1) is 25.6. The van der Waals surface area contributed by atoms with Crippen LogP contribution in [0.4, 0.5) is 0 Å². The number of aryl methyl sites for hydroxylation is 1. The summed E-state index contributed by atoms with van der Waals surface area (Å²) in [7, 11) is 3.48. The van der Waals surface area contributed by atoms with Gasteiger partial charge in [0.2, 0.25) is 5.91 Å². The number of carbonyl (C=O) groups is 1. The molecule has 0 aromatic heterocycles. The number of nitrogens with zero attached hydrogens (tertiary/aromatic N) is 2. The molecule has 0 bridgehead atoms. The van der Waals surface area contributed by atoms with Crippen LogP contribution in [0.1, 0.15) is 32.3 Å². The van der Waals surface area contributed by atoms with Crippen molar-refractivity contribution in [3.8, 4) is 0 Å². The normalized spacial score (nSPS) is 12.1. The Balaban J connectivity index is 0.00000676. The fraction of sp³-hybridized carbons (Fsp3) is 0.600. The number of likely N-dealkylation sites (N-methyl/N-ethyl adjacent to an activating group) is 1. The molecule has 1 atom stereocenters. The van der Waals surface area contributed by atoms with Gasteiger partial charge in [0.1, 0.15) is 6.54 Å². The van der Waals surface area contributed by atoms with E-state index in [0.717, 1.165) is 39.0 Å². The minimum Gasteiger partial charge on any atom is -0.382 e. The Kier molecular flexibility index (Phi) is 14.9. The summed E-state index contributed by atoms with van der Waals surface area (Å²) in [5, 5.41) is 6.69. The Morgan fingerprint density at radius 2 is 1.96 bits per heavy atom. The second-order valence-electron chi connectivity index (χ2n) is 6.50. The number of nitrogens with one attached hydrogen (secondary N) is 2. The number of carbonyl (C=O) groups excluding carboxylic acids is 1. The summed E-state index contributed by atoms with van der Waals surface area (Å²) in [6, 6.07) is 10.7. The van der Waals surface area contributed by atoms with Gasteiger partial charge in [-0.15, -0.1) is 24.0 Å². The highest BCUT2D eigenvalue weighted by Crippen LogP contribution is 2.04. The first-order valence-electron chi connectivity index (χ1n) is 9.39. The van der Waals surface area contributed by atoms with Gasteiger partial charge < -0.3 is 20.3 Å². The molecule has 0 aliphatic rings. The van der Waals surface area contributed by atoms with Gasteiger partial charge in [0, 0.05) is 39.9 Å². The maximum atomic E-state index is 11.8. The lowest BCUT2D eigenvalue weighted by Crippen LogP contribution is -2.43. The lowest BCUT2D eigenvalue weighted by Gasteiger charge is -2.19. The van der Waals surface area contributed by atoms with Gasteiger partial charge in [0.25, 0.3) is 0 Å². The molecule has 7 heteroatoms. The molecule has 0 saturated carbocycles. The van der Waals surface area contributed by atoms with E-state index in [-0.39, 0.29) is 42.5 Å². The fourth-order valence-electron chi connectivity index (χ4n) is 2.30. The van der Waals surface area contributed by atoms with Crippen LogP contribution in [0.2, 0.25) is 0 Å². The van der Waals surface area contributed by atoms with Gasteiger partial charge in [-0.25, -0.2) is 4.99 Å². The molecule has 1 rings (SSSR count). The molecule has 2 N–H and O–H groups in total. The molecule has 0 aliphatic carbocycles. The zero-order valence-corrected chi connectivity index (χ0v) is 19.4. The molecule has 0 aliphatic heterocycles. The van der Waals surface area contributed by atoms with E-state index >= 15 is 0 Å². The van der Waals surface area contributed by atoms with Gasteiger partial charge in [-0.3, -0.25) is 4.79 Å². The number of halogens is 1. The first-order chi connectivity index (χ1) is 12.5. The number of guanidine groups is 1. The molecule has 1 amide bonds. The number of aliphatic imine (C=N–C) groups is 1. The summed E-state index contributed by atoms with van der Waals surface area (Å²) >= 11 is 0. The molecular formula is C20H35IN4O2. The maximum Gasteiger partial charge on any atom is 0.243 e. The van der Waals surface area contributed by atoms with E-state index in [2.05, 4.69) is 46.8 Å². The SMILES string of the molecule is CCOCCCNC(=NCC(=O)N(C)C)NC(C)CCc1ccccc1.I. The number of hydrogen-bond acceptors (Lipinski definition) is 3. The van der Waals surface area contributed by atoms with E-state index in [0.29, 0.717) is 5.96 Å². The van der Waals surface area contributed by atoms with Crippen molar-refractivity contribution >= 4 is 35.8 Å². The molecule has 154 valence electrons. The quantitative estimate of drug-likeness (QED) is 0.217. The lowest BCUT2D eigenvalue weighted by atomic mass is 10.1. The van der Waals surface area contributed by atoms with Gasteiger partial charge in [-0.1, -0.05) is 30.3 Å². The molecule has 1 unspecified atom stereocenters. The van der Waals surface area contributed by atoms with E-state index in [1.807, 2.05) is 13.0 Å². The van der Waals surface area contributed by atoms with Crippen molar-refractivity contribution in [2.75, 3.05) is 40.4 Å². The summed E-state index contributed by atoms with van der Waals surface area (Å²) in [5.74, 6) is 0.662. The van der Waals surface area contributed by atoms with Crippen molar-refractivity contribution in [2.24, 2.45) is 4.99 Å². The average Bonchev–Trinajstić information content (AvgIpc) is 2.64. The van der Waals surface area contributed by atoms with Gasteiger partial charge in [0.05, 0.1) is 0 Å². The molecule has 0 heterocycles. The molecule has 0 spiro atoms. The monoisotopic (exact) mass is 490 g/mol. The number of benzene rings is 1. The molecular weight excluding hydrogens is 455 g/mol. The van der Waals surface area contributed by atoms with E-state index < -0.39 is 0 Å². The molecule has 6 nitrogen and oxygen atoms in total. The molecule has 0 fully saturated rings. The minimum atomic E-state index is -0.0163. The average molecular weight is 490 g/mol. The Morgan fingerprint density at radius 3 is 2.59 bits per heavy atom. The number of ether oxygens (including phenoxy) is 1. The van der Waals surface area contributed by atoms with Crippen molar-refractivity contribution in [1.29, 1.82) is 0 Å². The van der Waals surface area contributed by atoms with Crippen LogP contribution in [0.15, 0.2) is 35.3 Å². The van der Waals surface area contributed by atoms with Crippen molar-refractivity contribution in [3.05, 3.63) is 35.9 Å². The fourth-order valence-corrected chi connectivity index (χ4v) is 2.30. The second kappa shape index (κ2) is 15.7. The van der Waals surface area contributed by atoms with Crippen LogP contribution in [-0.4, -0.2) is 63.2 Å². The zero-order valence-electron chi connectivity index (χ0n) is 17.0. The predicted octanol–water partition coefficient (Wildman–Crippen LogP) is 2.68. The Bertz CT molecular complexity index is 538. The van der Waals surface area contributed by atoms with Crippen LogP contribution >= 0.6 is 24.0 Å². The molecule has 0 radical (unpaired) electrons. The summed E-state index contributed by atoms with van der Waals surface area (Å²) in [6.07, 6.45) is 2.89. The number of hydrogen-bond donors (Lipinski definition) is 2. The highest BCUT2D eigenvalue weighted by atomic mass is 127. The lowest BCUT2D eigenvalue weighted by molar-refractivity contribution is -0.127. The van der Waals surface area contributed by atoms with Crippen LogP contribution in [0.25, 0.3) is 0 Å². The van der Waals surface area contributed by atoms with Crippen molar-refractivity contribution in [1.82, 2.24) is 15.5 Å². The van der Waals surface area contributed by atoms with E-state index in [1.54, 1.807) is 19.0 Å². The van der Waals surface area contributed by atoms with E-state index in [9.17, 15) is 4.79 Å². The minimum absolute atomic E-state index is 0. The van der Waals surface area contributed by atoms with E-state index in [1.165, 1.54) is 5.56 Å². The predicted molar refractivity (Wildman–Crippen MR) is 123 cm³/mol. The zero-order chi connectivity index (χ0) is 19.2. The van der Waals surface area contributed by atoms with Crippen molar-refractivity contribution in [3.63, 3.8) is 0 Å². The van der Waals surface area contributed by atoms with Gasteiger partial charge in [0.15, 0.2) is 5.96 Å². The highest BCUT2D eigenvalue weighted by Gasteiger charge is 2.08. The van der Waals surface area contributed by atoms with Crippen LogP contribution in [-0.2, 0) is 16.0 Å². The maximum absolute atomic E-state index is 11.8. The molecule has 1 aromatic carbocycles. The Hall–Kier alpha value is -1.35. The van der Waals surface area contributed by atoms with Gasteiger partial charge in [-0.05, 0) is 38.7 Å². The second-order valence-corrected chi connectivity index (χ2v) is 6.50. The number of amides is 1. The van der Waals surface area contributed by atoms with Crippen LogP contribution in [0, 0.1) is 0 Å². The third-order valence-electron chi connectivity index (χ3n) is 3.93. The standard InChI is InChI=1S/C20H34N4O2.HI/c1-5-26-15-9-14-21-20(22-16-19(25)24(3)4)23-17(2)12-13-18-10-7-6-8-11-18;/h6-8,10-11,17H,5,9,12-16H2,1-4H3,(H2,21,22,23);1H. The molecule has 1 aromatic rings. The summed E-state index contributed by atoms with van der Waals surface area (Å²) < 4.78 is 5.35.